The summed E-state index contributed by atoms with van der Waals surface area (Å²) >= 11 is 0. The van der Waals surface area contributed by atoms with E-state index >= 15 is 0 Å². The lowest BCUT2D eigenvalue weighted by molar-refractivity contribution is -0.123. The second-order valence-electron chi connectivity index (χ2n) is 14.8. The van der Waals surface area contributed by atoms with Gasteiger partial charge in [-0.2, -0.15) is 0 Å². The van der Waals surface area contributed by atoms with Gasteiger partial charge in [0.1, 0.15) is 0 Å². The predicted molar refractivity (Wildman–Crippen MR) is 203 cm³/mol. The lowest BCUT2D eigenvalue weighted by Crippen LogP contribution is -2.45. The molecule has 0 radical (unpaired) electrons. The van der Waals surface area contributed by atoms with E-state index in [0.717, 1.165) is 25.7 Å². The van der Waals surface area contributed by atoms with Gasteiger partial charge in [0.2, 0.25) is 5.91 Å². The van der Waals surface area contributed by atoms with Gasteiger partial charge in [-0.25, -0.2) is 0 Å². The van der Waals surface area contributed by atoms with Crippen molar-refractivity contribution < 1.29 is 15.0 Å². The second kappa shape index (κ2) is 38.8. The molecule has 0 heterocycles. The number of nitrogens with one attached hydrogen (secondary N) is 1. The molecule has 3 N–H and O–H groups in total. The Balaban J connectivity index is 3.35. The molecule has 0 aliphatic carbocycles. The number of amides is 1. The summed E-state index contributed by atoms with van der Waals surface area (Å²) in [6.07, 6.45) is 46.4. The third kappa shape index (κ3) is 34.7. The largest absolute Gasteiger partial charge is 0.394 e. The fourth-order valence-electron chi connectivity index (χ4n) is 6.83. The molecule has 0 rings (SSSR count). The van der Waals surface area contributed by atoms with Crippen LogP contribution in [0, 0.1) is 0 Å². The molecular formula is C42H85NO3. The van der Waals surface area contributed by atoms with Gasteiger partial charge in [-0.1, -0.05) is 226 Å². The van der Waals surface area contributed by atoms with Crippen LogP contribution in [0.25, 0.3) is 0 Å². The van der Waals surface area contributed by atoms with E-state index in [1.54, 1.807) is 0 Å². The summed E-state index contributed by atoms with van der Waals surface area (Å²) in [6, 6.07) is -0.527. The molecule has 2 atom stereocenters. The number of carbonyl (C=O) groups excluding carboxylic acids is 1. The topological polar surface area (TPSA) is 69.6 Å². The minimum Gasteiger partial charge on any atom is -0.394 e. The van der Waals surface area contributed by atoms with E-state index < -0.39 is 12.1 Å². The zero-order valence-electron chi connectivity index (χ0n) is 31.6. The summed E-state index contributed by atoms with van der Waals surface area (Å²) in [5.41, 5.74) is 0. The van der Waals surface area contributed by atoms with Gasteiger partial charge in [0.25, 0.3) is 0 Å². The normalized spacial score (nSPS) is 12.9. The number of rotatable bonds is 39. The monoisotopic (exact) mass is 652 g/mol. The molecule has 0 fully saturated rings. The minimum atomic E-state index is -0.651. The minimum absolute atomic E-state index is 0.0353. The molecule has 0 aliphatic heterocycles. The maximum atomic E-state index is 12.2. The number of carbonyl (C=O) groups is 1. The predicted octanol–water partition coefficient (Wildman–Crippen LogP) is 12.9. The molecule has 1 amide bonds. The standard InChI is InChI=1S/C42H85NO3/c1-3-5-7-9-11-12-13-14-15-16-17-18-19-20-21-22-23-24-25-26-27-28-29-30-32-33-35-37-41(45)40(39-44)43-42(46)38-36-34-31-10-8-6-4-2/h40-41,44-45H,3-39H2,1-2H3,(H,43,46). The lowest BCUT2D eigenvalue weighted by Gasteiger charge is -2.22. The Morgan fingerprint density at radius 3 is 0.978 bits per heavy atom. The van der Waals surface area contributed by atoms with E-state index in [4.69, 9.17) is 0 Å². The number of hydrogen-bond acceptors (Lipinski definition) is 3. The Hall–Kier alpha value is -0.610. The van der Waals surface area contributed by atoms with Crippen molar-refractivity contribution in [1.82, 2.24) is 5.32 Å². The smallest absolute Gasteiger partial charge is 0.220 e. The van der Waals surface area contributed by atoms with Gasteiger partial charge in [0, 0.05) is 6.42 Å². The molecule has 0 spiro atoms. The van der Waals surface area contributed by atoms with Crippen LogP contribution in [0.2, 0.25) is 0 Å². The lowest BCUT2D eigenvalue weighted by atomic mass is 10.0. The Labute approximate surface area is 289 Å². The second-order valence-corrected chi connectivity index (χ2v) is 14.8. The molecule has 0 aromatic rings. The van der Waals surface area contributed by atoms with Crippen LogP contribution in [0.1, 0.15) is 245 Å². The van der Waals surface area contributed by atoms with Crippen molar-refractivity contribution in [3.05, 3.63) is 0 Å². The third-order valence-corrected chi connectivity index (χ3v) is 10.1. The highest BCUT2D eigenvalue weighted by Crippen LogP contribution is 2.17. The fourth-order valence-corrected chi connectivity index (χ4v) is 6.83. The number of hydrogen-bond donors (Lipinski definition) is 3. The number of aliphatic hydroxyl groups excluding tert-OH is 2. The first-order chi connectivity index (χ1) is 22.7. The highest BCUT2D eigenvalue weighted by Gasteiger charge is 2.20. The first kappa shape index (κ1) is 45.4. The van der Waals surface area contributed by atoms with Crippen LogP contribution < -0.4 is 5.32 Å². The first-order valence-electron chi connectivity index (χ1n) is 21.2. The summed E-state index contributed by atoms with van der Waals surface area (Å²) in [7, 11) is 0. The van der Waals surface area contributed by atoms with E-state index in [9.17, 15) is 15.0 Å². The van der Waals surface area contributed by atoms with Crippen LogP contribution >= 0.6 is 0 Å². The summed E-state index contributed by atoms with van der Waals surface area (Å²) in [5, 5.41) is 23.0. The molecule has 0 saturated heterocycles. The molecule has 276 valence electrons. The SMILES string of the molecule is CCCCCCCCCCCCCCCCCCCCCCCCCCCCCC(O)C(CO)NC(=O)CCCCCCCCC. The highest BCUT2D eigenvalue weighted by atomic mass is 16.3. The van der Waals surface area contributed by atoms with Gasteiger partial charge in [0.05, 0.1) is 18.8 Å². The quantitative estimate of drug-likeness (QED) is 0.0579. The average molecular weight is 652 g/mol. The van der Waals surface area contributed by atoms with Gasteiger partial charge < -0.3 is 15.5 Å². The molecule has 4 nitrogen and oxygen atoms in total. The van der Waals surface area contributed by atoms with Crippen LogP contribution in [0.5, 0.6) is 0 Å². The molecule has 2 unspecified atom stereocenters. The first-order valence-corrected chi connectivity index (χ1v) is 21.2. The Bertz CT molecular complexity index is 583. The van der Waals surface area contributed by atoms with E-state index in [2.05, 4.69) is 19.2 Å². The molecule has 0 aromatic carbocycles. The third-order valence-electron chi connectivity index (χ3n) is 10.1. The Morgan fingerprint density at radius 1 is 0.435 bits per heavy atom. The zero-order valence-corrected chi connectivity index (χ0v) is 31.6. The van der Waals surface area contributed by atoms with Crippen molar-refractivity contribution in [3.63, 3.8) is 0 Å². The van der Waals surface area contributed by atoms with Crippen LogP contribution in [0.4, 0.5) is 0 Å². The van der Waals surface area contributed by atoms with Crippen molar-refractivity contribution in [2.75, 3.05) is 6.61 Å². The van der Waals surface area contributed by atoms with Crippen LogP contribution in [-0.4, -0.2) is 34.9 Å². The zero-order chi connectivity index (χ0) is 33.6. The Morgan fingerprint density at radius 2 is 0.696 bits per heavy atom. The molecule has 0 aliphatic rings. The highest BCUT2D eigenvalue weighted by molar-refractivity contribution is 5.76. The van der Waals surface area contributed by atoms with Gasteiger partial charge in [-0.3, -0.25) is 4.79 Å². The fraction of sp³-hybridized carbons (Fsp3) is 0.976. The maximum absolute atomic E-state index is 12.2. The van der Waals surface area contributed by atoms with E-state index in [0.29, 0.717) is 12.8 Å². The van der Waals surface area contributed by atoms with Crippen LogP contribution in [0.15, 0.2) is 0 Å². The van der Waals surface area contributed by atoms with E-state index in [1.807, 2.05) is 0 Å². The molecule has 0 saturated carbocycles. The van der Waals surface area contributed by atoms with Crippen molar-refractivity contribution in [2.24, 2.45) is 0 Å². The van der Waals surface area contributed by atoms with Crippen LogP contribution in [-0.2, 0) is 4.79 Å². The van der Waals surface area contributed by atoms with Crippen molar-refractivity contribution >= 4 is 5.91 Å². The van der Waals surface area contributed by atoms with Crippen LogP contribution in [0.3, 0.4) is 0 Å². The molecule has 0 aromatic heterocycles. The van der Waals surface area contributed by atoms with Gasteiger partial charge >= 0.3 is 0 Å². The summed E-state index contributed by atoms with van der Waals surface area (Å²) in [6.45, 7) is 4.33. The average Bonchev–Trinajstić information content (AvgIpc) is 3.06. The summed E-state index contributed by atoms with van der Waals surface area (Å²) < 4.78 is 0. The van der Waals surface area contributed by atoms with Crippen molar-refractivity contribution in [1.29, 1.82) is 0 Å². The van der Waals surface area contributed by atoms with Gasteiger partial charge in [-0.05, 0) is 12.8 Å². The summed E-state index contributed by atoms with van der Waals surface area (Å²) in [4.78, 5) is 12.2. The van der Waals surface area contributed by atoms with Crippen molar-refractivity contribution in [3.8, 4) is 0 Å². The molecule has 46 heavy (non-hydrogen) atoms. The van der Waals surface area contributed by atoms with Gasteiger partial charge in [-0.15, -0.1) is 0 Å². The number of unbranched alkanes of at least 4 members (excludes halogenated alkanes) is 32. The molecule has 0 bridgehead atoms. The molecular weight excluding hydrogens is 566 g/mol. The number of aliphatic hydroxyl groups is 2. The van der Waals surface area contributed by atoms with E-state index in [1.165, 1.54) is 193 Å². The summed E-state index contributed by atoms with van der Waals surface area (Å²) in [5.74, 6) is -0.0353. The van der Waals surface area contributed by atoms with Crippen molar-refractivity contribution in [2.45, 2.75) is 257 Å². The maximum Gasteiger partial charge on any atom is 0.220 e. The van der Waals surface area contributed by atoms with Gasteiger partial charge in [0.15, 0.2) is 0 Å². The Kier molecular flexibility index (Phi) is 38.3. The van der Waals surface area contributed by atoms with E-state index in [-0.39, 0.29) is 12.5 Å². The molecule has 4 heteroatoms.